The first-order valence-electron chi connectivity index (χ1n) is 5.95. The van der Waals surface area contributed by atoms with Crippen molar-refractivity contribution in [1.29, 1.82) is 0 Å². The zero-order chi connectivity index (χ0) is 13.9. The number of carbonyl (C=O) groups excluding carboxylic acids is 1. The normalized spacial score (nSPS) is 16.3. The highest BCUT2D eigenvalue weighted by molar-refractivity contribution is 5.87. The molecule has 0 radical (unpaired) electrons. The standard InChI is InChI=1S/C12H15N3O4/c1-19-10(16)8-5-13-6-9(15-8)14-7-12(11(17)18)3-2-4-12/h5-6H,2-4,7H2,1H3,(H,14,15)(H,17,18). The first-order chi connectivity index (χ1) is 9.07. The van der Waals surface area contributed by atoms with Crippen LogP contribution in [0.3, 0.4) is 0 Å². The molecule has 1 fully saturated rings. The van der Waals surface area contributed by atoms with Crippen LogP contribution in [-0.2, 0) is 9.53 Å². The van der Waals surface area contributed by atoms with Crippen molar-refractivity contribution < 1.29 is 19.4 Å². The monoisotopic (exact) mass is 265 g/mol. The molecular weight excluding hydrogens is 250 g/mol. The number of carboxylic acid groups (broad SMARTS) is 1. The van der Waals surface area contributed by atoms with E-state index in [0.717, 1.165) is 6.42 Å². The average Bonchev–Trinajstić information content (AvgIpc) is 2.36. The quantitative estimate of drug-likeness (QED) is 0.763. The van der Waals surface area contributed by atoms with Crippen LogP contribution in [-0.4, -0.2) is 40.7 Å². The fourth-order valence-corrected chi connectivity index (χ4v) is 1.98. The van der Waals surface area contributed by atoms with Crippen molar-refractivity contribution in [2.75, 3.05) is 19.0 Å². The van der Waals surface area contributed by atoms with E-state index in [0.29, 0.717) is 18.7 Å². The van der Waals surface area contributed by atoms with Gasteiger partial charge in [-0.2, -0.15) is 0 Å². The van der Waals surface area contributed by atoms with Crippen molar-refractivity contribution in [3.8, 4) is 0 Å². The van der Waals surface area contributed by atoms with Crippen LogP contribution in [0.1, 0.15) is 29.8 Å². The summed E-state index contributed by atoms with van der Waals surface area (Å²) in [5, 5.41) is 12.1. The highest BCUT2D eigenvalue weighted by Gasteiger charge is 2.44. The summed E-state index contributed by atoms with van der Waals surface area (Å²) in [7, 11) is 1.26. The Kier molecular flexibility index (Phi) is 3.64. The molecule has 0 aromatic carbocycles. The Morgan fingerprint density at radius 2 is 2.21 bits per heavy atom. The molecule has 1 aliphatic rings. The van der Waals surface area contributed by atoms with E-state index in [-0.39, 0.29) is 12.2 Å². The number of esters is 1. The summed E-state index contributed by atoms with van der Waals surface area (Å²) in [6.07, 6.45) is 4.97. The number of carboxylic acids is 1. The lowest BCUT2D eigenvalue weighted by atomic mass is 9.69. The van der Waals surface area contributed by atoms with Gasteiger partial charge in [-0.25, -0.2) is 9.78 Å². The van der Waals surface area contributed by atoms with Gasteiger partial charge in [-0.05, 0) is 12.8 Å². The van der Waals surface area contributed by atoms with Crippen molar-refractivity contribution in [2.45, 2.75) is 19.3 Å². The van der Waals surface area contributed by atoms with Crippen LogP contribution in [0.5, 0.6) is 0 Å². The molecule has 0 saturated heterocycles. The van der Waals surface area contributed by atoms with E-state index >= 15 is 0 Å². The van der Waals surface area contributed by atoms with Gasteiger partial charge in [-0.1, -0.05) is 6.42 Å². The first-order valence-corrected chi connectivity index (χ1v) is 5.95. The second-order valence-corrected chi connectivity index (χ2v) is 4.57. The molecule has 0 amide bonds. The molecule has 2 N–H and O–H groups in total. The van der Waals surface area contributed by atoms with Crippen LogP contribution in [0.4, 0.5) is 5.82 Å². The summed E-state index contributed by atoms with van der Waals surface area (Å²) in [4.78, 5) is 30.4. The molecule has 19 heavy (non-hydrogen) atoms. The maximum absolute atomic E-state index is 11.3. The number of rotatable bonds is 5. The molecule has 2 rings (SSSR count). The molecule has 7 nitrogen and oxygen atoms in total. The van der Waals surface area contributed by atoms with E-state index in [4.69, 9.17) is 0 Å². The van der Waals surface area contributed by atoms with Gasteiger partial charge in [-0.15, -0.1) is 0 Å². The third-order valence-electron chi connectivity index (χ3n) is 3.40. The molecule has 0 unspecified atom stereocenters. The second kappa shape index (κ2) is 5.21. The number of carbonyl (C=O) groups is 2. The number of aliphatic carboxylic acids is 1. The minimum Gasteiger partial charge on any atom is -0.481 e. The average molecular weight is 265 g/mol. The molecule has 1 saturated carbocycles. The Hall–Kier alpha value is -2.18. The molecule has 0 atom stereocenters. The molecule has 0 aliphatic heterocycles. The fourth-order valence-electron chi connectivity index (χ4n) is 1.98. The number of ether oxygens (including phenoxy) is 1. The summed E-state index contributed by atoms with van der Waals surface area (Å²) in [5.74, 6) is -1.01. The third-order valence-corrected chi connectivity index (χ3v) is 3.40. The summed E-state index contributed by atoms with van der Waals surface area (Å²) in [6, 6.07) is 0. The summed E-state index contributed by atoms with van der Waals surface area (Å²) in [6.45, 7) is 0.279. The Morgan fingerprint density at radius 3 is 2.74 bits per heavy atom. The molecule has 102 valence electrons. The molecule has 1 aliphatic carbocycles. The van der Waals surface area contributed by atoms with Gasteiger partial charge in [0.05, 0.1) is 24.9 Å². The second-order valence-electron chi connectivity index (χ2n) is 4.57. The summed E-state index contributed by atoms with van der Waals surface area (Å²) >= 11 is 0. The van der Waals surface area contributed by atoms with Gasteiger partial charge in [0.2, 0.25) is 0 Å². The van der Waals surface area contributed by atoms with Gasteiger partial charge in [0.1, 0.15) is 5.82 Å². The third kappa shape index (κ3) is 2.64. The maximum Gasteiger partial charge on any atom is 0.358 e. The predicted molar refractivity (Wildman–Crippen MR) is 65.8 cm³/mol. The van der Waals surface area contributed by atoms with Crippen molar-refractivity contribution in [3.05, 3.63) is 18.1 Å². The van der Waals surface area contributed by atoms with Gasteiger partial charge in [0, 0.05) is 6.54 Å². The van der Waals surface area contributed by atoms with Crippen molar-refractivity contribution in [1.82, 2.24) is 9.97 Å². The van der Waals surface area contributed by atoms with E-state index in [1.807, 2.05) is 0 Å². The van der Waals surface area contributed by atoms with Crippen molar-refractivity contribution in [3.63, 3.8) is 0 Å². The predicted octanol–water partition coefficient (Wildman–Crippen LogP) is 0.930. The summed E-state index contributed by atoms with van der Waals surface area (Å²) in [5.41, 5.74) is -0.631. The van der Waals surface area contributed by atoms with Gasteiger partial charge < -0.3 is 15.2 Å². The molecule has 1 aromatic rings. The Balaban J connectivity index is 2.03. The lowest BCUT2D eigenvalue weighted by molar-refractivity contribution is -0.153. The number of hydrogen-bond acceptors (Lipinski definition) is 6. The number of hydrogen-bond donors (Lipinski definition) is 2. The molecule has 1 heterocycles. The van der Waals surface area contributed by atoms with E-state index in [1.54, 1.807) is 0 Å². The summed E-state index contributed by atoms with van der Waals surface area (Å²) < 4.78 is 4.54. The fraction of sp³-hybridized carbons (Fsp3) is 0.500. The number of nitrogens with zero attached hydrogens (tertiary/aromatic N) is 2. The number of aromatic nitrogens is 2. The minimum absolute atomic E-state index is 0.0884. The molecule has 7 heteroatoms. The number of anilines is 1. The molecule has 0 bridgehead atoms. The molecule has 1 aromatic heterocycles. The Bertz CT molecular complexity index is 500. The Morgan fingerprint density at radius 1 is 1.47 bits per heavy atom. The molecule has 0 spiro atoms. The Labute approximate surface area is 110 Å². The smallest absolute Gasteiger partial charge is 0.358 e. The van der Waals surface area contributed by atoms with Gasteiger partial charge in [0.15, 0.2) is 5.69 Å². The lowest BCUT2D eigenvalue weighted by Crippen LogP contribution is -2.43. The van der Waals surface area contributed by atoms with E-state index in [9.17, 15) is 14.7 Å². The van der Waals surface area contributed by atoms with Crippen LogP contribution in [0.25, 0.3) is 0 Å². The van der Waals surface area contributed by atoms with Gasteiger partial charge >= 0.3 is 11.9 Å². The van der Waals surface area contributed by atoms with Crippen molar-refractivity contribution >= 4 is 17.8 Å². The molecular formula is C12H15N3O4. The zero-order valence-electron chi connectivity index (χ0n) is 10.5. The number of nitrogens with one attached hydrogen (secondary N) is 1. The van der Waals surface area contributed by atoms with Crippen LogP contribution < -0.4 is 5.32 Å². The zero-order valence-corrected chi connectivity index (χ0v) is 10.5. The van der Waals surface area contributed by atoms with Crippen molar-refractivity contribution in [2.24, 2.45) is 5.41 Å². The highest BCUT2D eigenvalue weighted by Crippen LogP contribution is 2.41. The van der Waals surface area contributed by atoms with E-state index in [2.05, 4.69) is 20.0 Å². The van der Waals surface area contributed by atoms with Crippen LogP contribution in [0.15, 0.2) is 12.4 Å². The van der Waals surface area contributed by atoms with Crippen LogP contribution in [0, 0.1) is 5.41 Å². The highest BCUT2D eigenvalue weighted by atomic mass is 16.5. The lowest BCUT2D eigenvalue weighted by Gasteiger charge is -2.37. The van der Waals surface area contributed by atoms with Gasteiger partial charge in [0.25, 0.3) is 0 Å². The maximum atomic E-state index is 11.3. The van der Waals surface area contributed by atoms with Crippen LogP contribution in [0.2, 0.25) is 0 Å². The largest absolute Gasteiger partial charge is 0.481 e. The topological polar surface area (TPSA) is 101 Å². The number of methoxy groups -OCH3 is 1. The van der Waals surface area contributed by atoms with Gasteiger partial charge in [-0.3, -0.25) is 9.78 Å². The van der Waals surface area contributed by atoms with E-state index < -0.39 is 17.4 Å². The SMILES string of the molecule is COC(=O)c1cncc(NCC2(C(=O)O)CCC2)n1. The first kappa shape index (κ1) is 13.3. The minimum atomic E-state index is -0.802. The van der Waals surface area contributed by atoms with Crippen LogP contribution >= 0.6 is 0 Å². The van der Waals surface area contributed by atoms with E-state index in [1.165, 1.54) is 19.5 Å².